The van der Waals surface area contributed by atoms with E-state index in [1.165, 1.54) is 32.1 Å². The Morgan fingerprint density at radius 3 is 2.00 bits per heavy atom. The van der Waals surface area contributed by atoms with E-state index in [1.807, 2.05) is 13.8 Å². The molecule has 4 fully saturated rings. The molecule has 4 heteroatoms. The zero-order valence-electron chi connectivity index (χ0n) is 15.5. The Morgan fingerprint density at radius 1 is 1.00 bits per heavy atom. The average Bonchev–Trinajstić information content (AvgIpc) is 2.54. The Kier molecular flexibility index (Phi) is 4.94. The van der Waals surface area contributed by atoms with Crippen LogP contribution in [0.15, 0.2) is 0 Å². The van der Waals surface area contributed by atoms with E-state index in [-0.39, 0.29) is 30.1 Å². The van der Waals surface area contributed by atoms with Crippen LogP contribution in [0.25, 0.3) is 0 Å². The molecule has 0 aromatic heterocycles. The Hall–Kier alpha value is -1.06. The van der Waals surface area contributed by atoms with Crippen molar-refractivity contribution in [1.82, 2.24) is 0 Å². The van der Waals surface area contributed by atoms with Crippen LogP contribution in [0.4, 0.5) is 0 Å². The van der Waals surface area contributed by atoms with Crippen LogP contribution < -0.4 is 0 Å². The first-order valence-electron chi connectivity index (χ1n) is 9.75. The first-order chi connectivity index (χ1) is 11.4. The van der Waals surface area contributed by atoms with Crippen molar-refractivity contribution >= 4 is 11.9 Å². The maximum Gasteiger partial charge on any atom is 0.344 e. The number of carbonyl (C=O) groups excluding carboxylic acids is 2. The third-order valence-corrected chi connectivity index (χ3v) is 6.95. The van der Waals surface area contributed by atoms with E-state index in [1.54, 1.807) is 0 Å². The van der Waals surface area contributed by atoms with Gasteiger partial charge in [0.25, 0.3) is 0 Å². The van der Waals surface area contributed by atoms with Gasteiger partial charge in [-0.25, -0.2) is 4.79 Å². The minimum absolute atomic E-state index is 0.168. The quantitative estimate of drug-likeness (QED) is 0.689. The first kappa shape index (κ1) is 17.8. The third-order valence-electron chi connectivity index (χ3n) is 6.95. The molecule has 0 aliphatic heterocycles. The van der Waals surface area contributed by atoms with Crippen molar-refractivity contribution in [3.63, 3.8) is 0 Å². The smallest absolute Gasteiger partial charge is 0.344 e. The molecule has 4 saturated carbocycles. The molecule has 0 amide bonds. The van der Waals surface area contributed by atoms with E-state index in [9.17, 15) is 9.59 Å². The third kappa shape index (κ3) is 2.97. The van der Waals surface area contributed by atoms with Crippen LogP contribution in [-0.2, 0) is 19.1 Å². The van der Waals surface area contributed by atoms with Crippen LogP contribution >= 0.6 is 0 Å². The van der Waals surface area contributed by atoms with Gasteiger partial charge >= 0.3 is 11.9 Å². The van der Waals surface area contributed by atoms with E-state index in [0.717, 1.165) is 18.3 Å². The fourth-order valence-corrected chi connectivity index (χ4v) is 5.81. The number of rotatable bonds is 6. The lowest BCUT2D eigenvalue weighted by Crippen LogP contribution is -2.62. The minimum Gasteiger partial charge on any atom is -0.456 e. The van der Waals surface area contributed by atoms with Gasteiger partial charge in [0.05, 0.1) is 5.92 Å². The molecule has 4 rings (SSSR count). The molecule has 4 bridgehead atoms. The summed E-state index contributed by atoms with van der Waals surface area (Å²) < 4.78 is 11.3. The topological polar surface area (TPSA) is 52.6 Å². The zero-order chi connectivity index (χ0) is 17.5. The SMILES string of the molecule is CCC(C)C(=O)OCC(=O)OC1(C(C)C)C2CC3CC(C2)CC1C3. The summed E-state index contributed by atoms with van der Waals surface area (Å²) in [5.74, 6) is 2.11. The molecule has 136 valence electrons. The maximum absolute atomic E-state index is 12.5. The normalized spacial score (nSPS) is 38.2. The van der Waals surface area contributed by atoms with Crippen LogP contribution in [0.5, 0.6) is 0 Å². The average molecular weight is 336 g/mol. The van der Waals surface area contributed by atoms with Gasteiger partial charge in [0.15, 0.2) is 6.61 Å². The molecular weight excluding hydrogens is 304 g/mol. The lowest BCUT2D eigenvalue weighted by Gasteiger charge is -2.61. The van der Waals surface area contributed by atoms with E-state index in [4.69, 9.17) is 9.47 Å². The molecule has 0 spiro atoms. The number of hydrogen-bond donors (Lipinski definition) is 0. The van der Waals surface area contributed by atoms with Crippen LogP contribution in [0.3, 0.4) is 0 Å². The van der Waals surface area contributed by atoms with Crippen LogP contribution in [0.1, 0.15) is 66.2 Å². The Morgan fingerprint density at radius 2 is 1.54 bits per heavy atom. The van der Waals surface area contributed by atoms with Gasteiger partial charge < -0.3 is 9.47 Å². The van der Waals surface area contributed by atoms with Crippen molar-refractivity contribution in [2.45, 2.75) is 71.8 Å². The molecule has 0 aromatic rings. The highest BCUT2D eigenvalue weighted by Gasteiger charge is 2.60. The minimum atomic E-state index is -0.368. The lowest BCUT2D eigenvalue weighted by atomic mass is 9.47. The second-order valence-corrected chi connectivity index (χ2v) is 8.70. The number of ether oxygens (including phenoxy) is 2. The fourth-order valence-electron chi connectivity index (χ4n) is 5.81. The lowest BCUT2D eigenvalue weighted by molar-refractivity contribution is -0.227. The molecule has 0 N–H and O–H groups in total. The highest BCUT2D eigenvalue weighted by Crippen LogP contribution is 2.61. The van der Waals surface area contributed by atoms with Gasteiger partial charge in [-0.3, -0.25) is 4.79 Å². The second-order valence-electron chi connectivity index (χ2n) is 8.70. The van der Waals surface area contributed by atoms with Crippen LogP contribution in [-0.4, -0.2) is 24.1 Å². The summed E-state index contributed by atoms with van der Waals surface area (Å²) in [6, 6.07) is 0. The van der Waals surface area contributed by atoms with Gasteiger partial charge in [0.1, 0.15) is 5.60 Å². The van der Waals surface area contributed by atoms with Crippen molar-refractivity contribution in [3.8, 4) is 0 Å². The highest BCUT2D eigenvalue weighted by molar-refractivity contribution is 5.77. The second kappa shape index (κ2) is 6.68. The fraction of sp³-hybridized carbons (Fsp3) is 0.900. The Bertz CT molecular complexity index is 468. The molecule has 4 aliphatic carbocycles. The van der Waals surface area contributed by atoms with Gasteiger partial charge in [-0.1, -0.05) is 27.7 Å². The summed E-state index contributed by atoms with van der Waals surface area (Å²) in [6.07, 6.45) is 6.89. The molecule has 0 saturated heterocycles. The maximum atomic E-state index is 12.5. The van der Waals surface area contributed by atoms with Gasteiger partial charge in [0.2, 0.25) is 0 Å². The van der Waals surface area contributed by atoms with Crippen molar-refractivity contribution in [1.29, 1.82) is 0 Å². The molecule has 0 heterocycles. The number of carbonyl (C=O) groups is 2. The summed E-state index contributed by atoms with van der Waals surface area (Å²) >= 11 is 0. The molecule has 0 radical (unpaired) electrons. The Labute approximate surface area is 145 Å². The first-order valence-corrected chi connectivity index (χ1v) is 9.75. The standard InChI is InChI=1S/C20H32O4/c1-5-13(4)19(22)23-11-18(21)24-20(12(2)3)16-7-14-6-15(9-16)10-17(20)8-14/h12-17H,5-11H2,1-4H3. The molecule has 0 aromatic carbocycles. The summed E-state index contributed by atoms with van der Waals surface area (Å²) in [5, 5.41) is 0. The molecule has 4 aliphatic rings. The molecular formula is C20H32O4. The van der Waals surface area contributed by atoms with Crippen molar-refractivity contribution in [3.05, 3.63) is 0 Å². The van der Waals surface area contributed by atoms with Crippen LogP contribution in [0, 0.1) is 35.5 Å². The monoisotopic (exact) mass is 336 g/mol. The van der Waals surface area contributed by atoms with Gasteiger partial charge in [0, 0.05) is 0 Å². The summed E-state index contributed by atoms with van der Waals surface area (Å²) in [4.78, 5) is 24.3. The molecule has 1 unspecified atom stereocenters. The van der Waals surface area contributed by atoms with E-state index in [2.05, 4.69) is 13.8 Å². The highest BCUT2D eigenvalue weighted by atomic mass is 16.6. The van der Waals surface area contributed by atoms with Gasteiger partial charge in [-0.05, 0) is 68.1 Å². The van der Waals surface area contributed by atoms with Gasteiger partial charge in [-0.2, -0.15) is 0 Å². The van der Waals surface area contributed by atoms with E-state index < -0.39 is 0 Å². The summed E-state index contributed by atoms with van der Waals surface area (Å²) in [6.45, 7) is 7.87. The predicted octanol–water partition coefficient (Wildman–Crippen LogP) is 3.97. The summed E-state index contributed by atoms with van der Waals surface area (Å²) in [7, 11) is 0. The van der Waals surface area contributed by atoms with Crippen molar-refractivity contribution in [2.75, 3.05) is 6.61 Å². The molecule has 1 atom stereocenters. The largest absolute Gasteiger partial charge is 0.456 e. The summed E-state index contributed by atoms with van der Waals surface area (Å²) in [5.41, 5.74) is -0.340. The molecule has 4 nitrogen and oxygen atoms in total. The van der Waals surface area contributed by atoms with Gasteiger partial charge in [-0.15, -0.1) is 0 Å². The predicted molar refractivity (Wildman–Crippen MR) is 91.1 cm³/mol. The number of hydrogen-bond acceptors (Lipinski definition) is 4. The Balaban J connectivity index is 1.66. The van der Waals surface area contributed by atoms with Crippen LogP contribution in [0.2, 0.25) is 0 Å². The van der Waals surface area contributed by atoms with Crippen molar-refractivity contribution < 1.29 is 19.1 Å². The van der Waals surface area contributed by atoms with E-state index in [0.29, 0.717) is 17.8 Å². The van der Waals surface area contributed by atoms with Crippen molar-refractivity contribution in [2.24, 2.45) is 35.5 Å². The number of esters is 2. The zero-order valence-corrected chi connectivity index (χ0v) is 15.5. The van der Waals surface area contributed by atoms with E-state index >= 15 is 0 Å². The molecule has 24 heavy (non-hydrogen) atoms.